The highest BCUT2D eigenvalue weighted by molar-refractivity contribution is 5.91. The maximum absolute atomic E-state index is 15.8. The molecule has 2 fully saturated rings. The van der Waals surface area contributed by atoms with Crippen LogP contribution in [-0.4, -0.2) is 56.9 Å². The molecule has 2 aromatic heterocycles. The van der Waals surface area contributed by atoms with Crippen molar-refractivity contribution in [1.82, 2.24) is 30.3 Å². The molecule has 4 heterocycles. The number of benzene rings is 1. The summed E-state index contributed by atoms with van der Waals surface area (Å²) in [5.41, 5.74) is 1.51. The highest BCUT2D eigenvalue weighted by atomic mass is 19.2. The summed E-state index contributed by atoms with van der Waals surface area (Å²) in [6, 6.07) is 5.72. The van der Waals surface area contributed by atoms with E-state index in [-0.39, 0.29) is 40.9 Å². The Labute approximate surface area is 211 Å². The zero-order chi connectivity index (χ0) is 26.2. The van der Waals surface area contributed by atoms with E-state index in [1.54, 1.807) is 18.0 Å². The third-order valence-corrected chi connectivity index (χ3v) is 7.20. The van der Waals surface area contributed by atoms with Crippen molar-refractivity contribution in [2.24, 2.45) is 0 Å². The van der Waals surface area contributed by atoms with E-state index in [0.717, 1.165) is 25.9 Å². The van der Waals surface area contributed by atoms with Gasteiger partial charge in [-0.3, -0.25) is 19.9 Å². The molecule has 37 heavy (non-hydrogen) atoms. The first kappa shape index (κ1) is 25.3. The van der Waals surface area contributed by atoms with Gasteiger partial charge in [0.15, 0.2) is 5.82 Å². The van der Waals surface area contributed by atoms with Crippen molar-refractivity contribution in [3.8, 4) is 0 Å². The quantitative estimate of drug-likeness (QED) is 0.490. The summed E-state index contributed by atoms with van der Waals surface area (Å²) in [6.07, 6.45) is 2.41. The lowest BCUT2D eigenvalue weighted by molar-refractivity contribution is 0.0488. The SMILES string of the molecule is CCc1nc2c(F)cc(CN3CCC(F)(c4ccc(C(=O)NN5CCCC5)nc4F)CC3)cc2[nH]c1=O. The summed E-state index contributed by atoms with van der Waals surface area (Å²) in [4.78, 5) is 37.0. The van der Waals surface area contributed by atoms with E-state index in [0.29, 0.717) is 37.1 Å². The maximum Gasteiger partial charge on any atom is 0.284 e. The molecule has 0 bridgehead atoms. The van der Waals surface area contributed by atoms with Gasteiger partial charge in [0.05, 0.1) is 5.52 Å². The number of pyridine rings is 1. The van der Waals surface area contributed by atoms with E-state index in [9.17, 15) is 18.4 Å². The summed E-state index contributed by atoms with van der Waals surface area (Å²) in [6.45, 7) is 4.22. The fraction of sp³-hybridized carbons (Fsp3) is 0.462. The lowest BCUT2D eigenvalue weighted by Crippen LogP contribution is -2.41. The number of aryl methyl sites for hydroxylation is 1. The van der Waals surface area contributed by atoms with Gasteiger partial charge in [0.2, 0.25) is 5.95 Å². The number of carbonyl (C=O) groups is 1. The molecule has 0 unspecified atom stereocenters. The summed E-state index contributed by atoms with van der Waals surface area (Å²) >= 11 is 0. The fourth-order valence-electron chi connectivity index (χ4n) is 5.09. The summed E-state index contributed by atoms with van der Waals surface area (Å²) < 4.78 is 45.3. The molecule has 1 amide bonds. The van der Waals surface area contributed by atoms with Crippen LogP contribution in [0.5, 0.6) is 0 Å². The predicted octanol–water partition coefficient (Wildman–Crippen LogP) is 3.36. The van der Waals surface area contributed by atoms with Crippen LogP contribution in [0.1, 0.15) is 59.9 Å². The van der Waals surface area contributed by atoms with Gasteiger partial charge in [0.1, 0.15) is 22.6 Å². The Balaban J connectivity index is 1.25. The molecule has 0 atom stereocenters. The number of hydrazine groups is 1. The van der Waals surface area contributed by atoms with Crippen molar-refractivity contribution in [3.63, 3.8) is 0 Å². The number of fused-ring (bicyclic) bond motifs is 1. The average Bonchev–Trinajstić information content (AvgIpc) is 3.38. The van der Waals surface area contributed by atoms with E-state index in [4.69, 9.17) is 0 Å². The third-order valence-electron chi connectivity index (χ3n) is 7.20. The van der Waals surface area contributed by atoms with Crippen molar-refractivity contribution in [2.45, 2.75) is 51.2 Å². The first-order valence-corrected chi connectivity index (χ1v) is 12.6. The summed E-state index contributed by atoms with van der Waals surface area (Å²) in [7, 11) is 0. The van der Waals surface area contributed by atoms with Gasteiger partial charge in [-0.25, -0.2) is 23.8 Å². The van der Waals surface area contributed by atoms with Gasteiger partial charge >= 0.3 is 0 Å². The standard InChI is InChI=1S/C26H29F3N6O2/c1-2-19-24(36)32-21-14-16(13-18(27)22(21)30-19)15-34-11-7-26(29,8-12-34)17-5-6-20(31-23(17)28)25(37)33-35-9-3-4-10-35/h5-6,13-14H,2-4,7-12,15H2,1H3,(H,32,36)(H,33,37). The van der Waals surface area contributed by atoms with Crippen LogP contribution >= 0.6 is 0 Å². The second-order valence-electron chi connectivity index (χ2n) is 9.75. The molecular formula is C26H29F3N6O2. The van der Waals surface area contributed by atoms with Gasteiger partial charge in [-0.2, -0.15) is 4.39 Å². The van der Waals surface area contributed by atoms with Gasteiger partial charge < -0.3 is 4.98 Å². The number of aromatic amines is 1. The smallest absolute Gasteiger partial charge is 0.284 e. The first-order valence-electron chi connectivity index (χ1n) is 12.6. The molecule has 1 aromatic carbocycles. The van der Waals surface area contributed by atoms with Gasteiger partial charge in [-0.1, -0.05) is 6.92 Å². The molecule has 0 aliphatic carbocycles. The molecule has 8 nitrogen and oxygen atoms in total. The van der Waals surface area contributed by atoms with Gasteiger partial charge in [-0.15, -0.1) is 0 Å². The number of hydrogen-bond donors (Lipinski definition) is 2. The van der Waals surface area contributed by atoms with Crippen LogP contribution < -0.4 is 11.0 Å². The van der Waals surface area contributed by atoms with Crippen LogP contribution in [0.15, 0.2) is 29.1 Å². The first-order chi connectivity index (χ1) is 17.8. The largest absolute Gasteiger partial charge is 0.319 e. The van der Waals surface area contributed by atoms with Gasteiger partial charge in [-0.05, 0) is 61.9 Å². The van der Waals surface area contributed by atoms with Crippen LogP contribution in [0.2, 0.25) is 0 Å². The maximum atomic E-state index is 15.8. The highest BCUT2D eigenvalue weighted by Crippen LogP contribution is 2.38. The van der Waals surface area contributed by atoms with Gasteiger partial charge in [0.25, 0.3) is 11.5 Å². The number of piperidine rings is 1. The molecule has 11 heteroatoms. The molecule has 3 aromatic rings. The number of H-pyrrole nitrogens is 1. The number of halogens is 3. The second kappa shape index (κ2) is 10.2. The Kier molecular flexibility index (Phi) is 7.00. The van der Waals surface area contributed by atoms with Crippen LogP contribution in [0.4, 0.5) is 13.2 Å². The van der Waals surface area contributed by atoms with E-state index in [1.807, 2.05) is 4.90 Å². The highest BCUT2D eigenvalue weighted by Gasteiger charge is 2.39. The normalized spacial score (nSPS) is 18.4. The number of nitrogens with one attached hydrogen (secondary N) is 2. The van der Waals surface area contributed by atoms with Crippen molar-refractivity contribution in [3.05, 3.63) is 68.9 Å². The predicted molar refractivity (Wildman–Crippen MR) is 131 cm³/mol. The molecule has 2 aliphatic rings. The number of carbonyl (C=O) groups excluding carboxylic acids is 1. The van der Waals surface area contributed by atoms with Crippen molar-refractivity contribution < 1.29 is 18.0 Å². The third kappa shape index (κ3) is 5.24. The number of amides is 1. The van der Waals surface area contributed by atoms with Crippen molar-refractivity contribution in [2.75, 3.05) is 26.2 Å². The van der Waals surface area contributed by atoms with E-state index in [2.05, 4.69) is 20.4 Å². The van der Waals surface area contributed by atoms with Gasteiger partial charge in [0, 0.05) is 38.3 Å². The number of hydrogen-bond acceptors (Lipinski definition) is 6. The summed E-state index contributed by atoms with van der Waals surface area (Å²) in [5, 5.41) is 1.76. The molecule has 196 valence electrons. The fourth-order valence-corrected chi connectivity index (χ4v) is 5.09. The molecule has 5 rings (SSSR count). The molecule has 2 saturated heterocycles. The van der Waals surface area contributed by atoms with Crippen LogP contribution in [-0.2, 0) is 18.6 Å². The number of rotatable bonds is 6. The van der Waals surface area contributed by atoms with Crippen molar-refractivity contribution >= 4 is 16.9 Å². The zero-order valence-electron chi connectivity index (χ0n) is 20.6. The molecule has 2 N–H and O–H groups in total. The minimum absolute atomic E-state index is 0.0270. The minimum Gasteiger partial charge on any atom is -0.319 e. The van der Waals surface area contributed by atoms with Crippen LogP contribution in [0, 0.1) is 11.8 Å². The monoisotopic (exact) mass is 514 g/mol. The average molecular weight is 515 g/mol. The topological polar surface area (TPSA) is 94.2 Å². The minimum atomic E-state index is -1.92. The molecular weight excluding hydrogens is 485 g/mol. The molecule has 0 spiro atoms. The van der Waals surface area contributed by atoms with E-state index < -0.39 is 23.3 Å². The number of nitrogens with zero attached hydrogens (tertiary/aromatic N) is 4. The van der Waals surface area contributed by atoms with Crippen molar-refractivity contribution in [1.29, 1.82) is 0 Å². The number of alkyl halides is 1. The lowest BCUT2D eigenvalue weighted by Gasteiger charge is -2.36. The molecule has 0 saturated carbocycles. The second-order valence-corrected chi connectivity index (χ2v) is 9.75. The number of likely N-dealkylation sites (tertiary alicyclic amines) is 1. The zero-order valence-corrected chi connectivity index (χ0v) is 20.6. The Morgan fingerprint density at radius 2 is 1.84 bits per heavy atom. The summed E-state index contributed by atoms with van der Waals surface area (Å²) in [5.74, 6) is -2.03. The van der Waals surface area contributed by atoms with Crippen LogP contribution in [0.3, 0.4) is 0 Å². The van der Waals surface area contributed by atoms with Crippen LogP contribution in [0.25, 0.3) is 11.0 Å². The Bertz CT molecular complexity index is 1380. The lowest BCUT2D eigenvalue weighted by atomic mass is 9.86. The van der Waals surface area contributed by atoms with E-state index in [1.165, 1.54) is 18.2 Å². The molecule has 2 aliphatic heterocycles. The van der Waals surface area contributed by atoms with E-state index >= 15 is 4.39 Å². The molecule has 0 radical (unpaired) electrons. The number of aromatic nitrogens is 3. The Morgan fingerprint density at radius 1 is 1.11 bits per heavy atom. The Hall–Kier alpha value is -3.31. The Morgan fingerprint density at radius 3 is 2.51 bits per heavy atom.